The molecule has 8 heteroatoms. The molecule has 3 heterocycles. The Morgan fingerprint density at radius 2 is 1.84 bits per heavy atom. The van der Waals surface area contributed by atoms with Gasteiger partial charge in [0.1, 0.15) is 13.2 Å². The molecule has 1 aliphatic heterocycles. The number of nitrogens with zero attached hydrogens (tertiary/aromatic N) is 4. The summed E-state index contributed by atoms with van der Waals surface area (Å²) in [6.45, 7) is 1.72. The van der Waals surface area contributed by atoms with Gasteiger partial charge < -0.3 is 20.1 Å². The highest BCUT2D eigenvalue weighted by Crippen LogP contribution is 2.33. The first-order chi connectivity index (χ1) is 12.4. The molecule has 0 radical (unpaired) electrons. The topological polar surface area (TPSA) is 94.1 Å². The minimum atomic E-state index is 0.444. The maximum atomic E-state index is 5.58. The molecule has 0 spiro atoms. The van der Waals surface area contributed by atoms with Gasteiger partial charge in [0, 0.05) is 30.7 Å². The number of hydrogen-bond donors (Lipinski definition) is 2. The predicted octanol–water partition coefficient (Wildman–Crippen LogP) is 2.39. The van der Waals surface area contributed by atoms with E-state index in [0.29, 0.717) is 37.3 Å². The second-order valence-corrected chi connectivity index (χ2v) is 5.36. The van der Waals surface area contributed by atoms with Crippen LogP contribution in [0.2, 0.25) is 0 Å². The van der Waals surface area contributed by atoms with Crippen LogP contribution in [0.15, 0.2) is 48.9 Å². The number of rotatable bonds is 5. The van der Waals surface area contributed by atoms with Crippen LogP contribution in [0.25, 0.3) is 0 Å². The first-order valence-corrected chi connectivity index (χ1v) is 7.86. The van der Waals surface area contributed by atoms with Crippen molar-refractivity contribution in [2.45, 2.75) is 6.54 Å². The Hall–Kier alpha value is -3.42. The highest BCUT2D eigenvalue weighted by molar-refractivity contribution is 5.61. The van der Waals surface area contributed by atoms with Gasteiger partial charge in [0.05, 0.1) is 6.20 Å². The summed E-state index contributed by atoms with van der Waals surface area (Å²) in [5, 5.41) is 14.3. The lowest BCUT2D eigenvalue weighted by Crippen LogP contribution is -2.15. The predicted molar refractivity (Wildman–Crippen MR) is 92.1 cm³/mol. The number of anilines is 3. The van der Waals surface area contributed by atoms with E-state index >= 15 is 0 Å². The van der Waals surface area contributed by atoms with E-state index in [9.17, 15) is 0 Å². The zero-order chi connectivity index (χ0) is 16.9. The number of ether oxygens (including phenoxy) is 2. The lowest BCUT2D eigenvalue weighted by atomic mass is 10.2. The fraction of sp³-hybridized carbons (Fsp3) is 0.176. The molecule has 0 fully saturated rings. The van der Waals surface area contributed by atoms with E-state index in [0.717, 1.165) is 17.0 Å². The smallest absolute Gasteiger partial charge is 0.244 e. The molecular weight excluding hydrogens is 320 g/mol. The molecule has 1 aromatic carbocycles. The summed E-state index contributed by atoms with van der Waals surface area (Å²) < 4.78 is 11.1. The highest BCUT2D eigenvalue weighted by atomic mass is 16.6. The number of nitrogens with one attached hydrogen (secondary N) is 2. The summed E-state index contributed by atoms with van der Waals surface area (Å²) in [5.41, 5.74) is 1.92. The van der Waals surface area contributed by atoms with Gasteiger partial charge in [-0.2, -0.15) is 10.1 Å². The van der Waals surface area contributed by atoms with Gasteiger partial charge in [-0.1, -0.05) is 0 Å². The van der Waals surface area contributed by atoms with Crippen molar-refractivity contribution in [2.24, 2.45) is 0 Å². The van der Waals surface area contributed by atoms with Crippen LogP contribution >= 0.6 is 0 Å². The van der Waals surface area contributed by atoms with Gasteiger partial charge in [-0.05, 0) is 29.8 Å². The molecule has 2 aromatic heterocycles. The largest absolute Gasteiger partial charge is 0.486 e. The van der Waals surface area contributed by atoms with Crippen molar-refractivity contribution in [3.63, 3.8) is 0 Å². The summed E-state index contributed by atoms with van der Waals surface area (Å²) in [5.74, 6) is 2.50. The Kier molecular flexibility index (Phi) is 4.23. The lowest BCUT2D eigenvalue weighted by Gasteiger charge is -2.19. The number of pyridine rings is 1. The minimum absolute atomic E-state index is 0.444. The minimum Gasteiger partial charge on any atom is -0.486 e. The van der Waals surface area contributed by atoms with Crippen LogP contribution in [0.3, 0.4) is 0 Å². The summed E-state index contributed by atoms with van der Waals surface area (Å²) in [4.78, 5) is 8.40. The van der Waals surface area contributed by atoms with Gasteiger partial charge in [-0.15, -0.1) is 5.10 Å². The van der Waals surface area contributed by atoms with Crippen LogP contribution in [0.5, 0.6) is 11.5 Å². The maximum Gasteiger partial charge on any atom is 0.244 e. The molecule has 126 valence electrons. The molecule has 2 N–H and O–H groups in total. The third-order valence-electron chi connectivity index (χ3n) is 3.57. The molecule has 0 saturated carbocycles. The van der Waals surface area contributed by atoms with Crippen LogP contribution < -0.4 is 20.1 Å². The second kappa shape index (κ2) is 7.00. The zero-order valence-corrected chi connectivity index (χ0v) is 13.3. The normalized spacial score (nSPS) is 12.5. The van der Waals surface area contributed by atoms with Gasteiger partial charge in [0.15, 0.2) is 17.3 Å². The van der Waals surface area contributed by atoms with Crippen molar-refractivity contribution >= 4 is 17.5 Å². The second-order valence-electron chi connectivity index (χ2n) is 5.36. The Balaban J connectivity index is 1.44. The van der Waals surface area contributed by atoms with Crippen LogP contribution in [0, 0.1) is 0 Å². The average molecular weight is 336 g/mol. The average Bonchev–Trinajstić information content (AvgIpc) is 2.67. The van der Waals surface area contributed by atoms with Crippen molar-refractivity contribution in [2.75, 3.05) is 23.8 Å². The van der Waals surface area contributed by atoms with Crippen molar-refractivity contribution < 1.29 is 9.47 Å². The molecular formula is C17H16N6O2. The van der Waals surface area contributed by atoms with E-state index in [2.05, 4.69) is 30.8 Å². The Morgan fingerprint density at radius 1 is 1.00 bits per heavy atom. The molecule has 0 aliphatic carbocycles. The molecule has 0 amide bonds. The maximum absolute atomic E-state index is 5.58. The Morgan fingerprint density at radius 3 is 2.72 bits per heavy atom. The van der Waals surface area contributed by atoms with E-state index < -0.39 is 0 Å². The van der Waals surface area contributed by atoms with Crippen LogP contribution in [-0.4, -0.2) is 33.4 Å². The number of fused-ring (bicyclic) bond motifs is 1. The van der Waals surface area contributed by atoms with E-state index in [-0.39, 0.29) is 0 Å². The summed E-state index contributed by atoms with van der Waals surface area (Å²) in [6.07, 6.45) is 5.06. The molecule has 0 bridgehead atoms. The van der Waals surface area contributed by atoms with Crippen LogP contribution in [0.1, 0.15) is 5.56 Å². The fourth-order valence-electron chi connectivity index (χ4n) is 2.39. The third kappa shape index (κ3) is 3.74. The molecule has 0 saturated heterocycles. The van der Waals surface area contributed by atoms with E-state index in [1.165, 1.54) is 0 Å². The molecule has 25 heavy (non-hydrogen) atoms. The number of hydrogen-bond acceptors (Lipinski definition) is 8. The third-order valence-corrected chi connectivity index (χ3v) is 3.57. The Labute approximate surface area is 144 Å². The summed E-state index contributed by atoms with van der Waals surface area (Å²) >= 11 is 0. The van der Waals surface area contributed by atoms with Gasteiger partial charge >= 0.3 is 0 Å². The van der Waals surface area contributed by atoms with Crippen molar-refractivity contribution in [3.05, 3.63) is 54.5 Å². The highest BCUT2D eigenvalue weighted by Gasteiger charge is 2.12. The van der Waals surface area contributed by atoms with Gasteiger partial charge in [0.2, 0.25) is 5.95 Å². The Bertz CT molecular complexity index is 859. The molecule has 3 aromatic rings. The zero-order valence-electron chi connectivity index (χ0n) is 13.3. The van der Waals surface area contributed by atoms with Gasteiger partial charge in [0.25, 0.3) is 0 Å². The number of aromatic nitrogens is 4. The van der Waals surface area contributed by atoms with Gasteiger partial charge in [-0.25, -0.2) is 0 Å². The first-order valence-electron chi connectivity index (χ1n) is 7.86. The fourth-order valence-corrected chi connectivity index (χ4v) is 2.39. The summed E-state index contributed by atoms with van der Waals surface area (Å²) in [6, 6.07) is 9.50. The van der Waals surface area contributed by atoms with Gasteiger partial charge in [-0.3, -0.25) is 4.98 Å². The standard InChI is InChI=1S/C17H16N6O2/c1-2-14-15(25-8-7-24-14)9-13(1)21-16-11-20-23-17(22-16)19-10-12-3-5-18-6-4-12/h1-6,9,11H,7-8,10H2,(H2,19,21,22,23). The molecule has 0 unspecified atom stereocenters. The van der Waals surface area contributed by atoms with Crippen molar-refractivity contribution in [1.82, 2.24) is 20.2 Å². The molecule has 8 nitrogen and oxygen atoms in total. The number of benzene rings is 1. The first kappa shape index (κ1) is 15.1. The quantitative estimate of drug-likeness (QED) is 0.733. The van der Waals surface area contributed by atoms with Crippen LogP contribution in [-0.2, 0) is 6.54 Å². The van der Waals surface area contributed by atoms with Crippen molar-refractivity contribution in [1.29, 1.82) is 0 Å². The molecule has 0 atom stereocenters. The van der Waals surface area contributed by atoms with E-state index in [4.69, 9.17) is 9.47 Å². The van der Waals surface area contributed by atoms with Crippen LogP contribution in [0.4, 0.5) is 17.5 Å². The molecule has 1 aliphatic rings. The monoisotopic (exact) mass is 336 g/mol. The SMILES string of the molecule is c1cc(CNc2nncc(Nc3ccc4c(c3)OCCO4)n2)ccn1. The van der Waals surface area contributed by atoms with E-state index in [1.54, 1.807) is 18.6 Å². The summed E-state index contributed by atoms with van der Waals surface area (Å²) in [7, 11) is 0. The lowest BCUT2D eigenvalue weighted by molar-refractivity contribution is 0.171. The van der Waals surface area contributed by atoms with Crippen molar-refractivity contribution in [3.8, 4) is 11.5 Å². The molecule has 4 rings (SSSR count). The van der Waals surface area contributed by atoms with E-state index in [1.807, 2.05) is 30.3 Å².